The summed E-state index contributed by atoms with van der Waals surface area (Å²) in [5.74, 6) is 0.493. The van der Waals surface area contributed by atoms with Gasteiger partial charge in [-0.3, -0.25) is 9.59 Å². The number of nitrogens with zero attached hydrogens (tertiary/aromatic N) is 1. The van der Waals surface area contributed by atoms with Gasteiger partial charge in [0.1, 0.15) is 0 Å². The van der Waals surface area contributed by atoms with Crippen LogP contribution in [0.15, 0.2) is 24.3 Å². The predicted octanol–water partition coefficient (Wildman–Crippen LogP) is 5.59. The fourth-order valence-corrected chi connectivity index (χ4v) is 4.98. The summed E-state index contributed by atoms with van der Waals surface area (Å²) < 4.78 is 12.1. The highest BCUT2D eigenvalue weighted by atomic mass is 16.7. The summed E-state index contributed by atoms with van der Waals surface area (Å²) in [6.45, 7) is 6.01. The maximum Gasteiger partial charge on any atom is 0.222 e. The Morgan fingerprint density at radius 1 is 1.20 bits per heavy atom. The van der Waals surface area contributed by atoms with Crippen LogP contribution in [0.5, 0.6) is 0 Å². The van der Waals surface area contributed by atoms with E-state index in [1.807, 2.05) is 6.92 Å². The number of unbranched alkanes of at least 4 members (excludes halogenated alkanes) is 5. The third kappa shape index (κ3) is 11.4. The van der Waals surface area contributed by atoms with E-state index in [0.717, 1.165) is 70.8 Å². The van der Waals surface area contributed by atoms with E-state index in [1.54, 1.807) is 11.0 Å². The van der Waals surface area contributed by atoms with Gasteiger partial charge in [0.05, 0.1) is 12.7 Å². The van der Waals surface area contributed by atoms with Crippen LogP contribution in [0.2, 0.25) is 0 Å². The number of aliphatic hydroxyl groups excluding tert-OH is 1. The highest BCUT2D eigenvalue weighted by Crippen LogP contribution is 2.29. The molecule has 4 atom stereocenters. The molecule has 200 valence electrons. The van der Waals surface area contributed by atoms with Gasteiger partial charge >= 0.3 is 0 Å². The Hall–Kier alpha value is -1.50. The number of amides is 1. The van der Waals surface area contributed by atoms with Crippen molar-refractivity contribution in [1.29, 1.82) is 0 Å². The molecule has 0 spiro atoms. The molecule has 1 fully saturated rings. The molecule has 35 heavy (non-hydrogen) atoms. The van der Waals surface area contributed by atoms with Crippen molar-refractivity contribution < 1.29 is 24.2 Å². The van der Waals surface area contributed by atoms with Gasteiger partial charge in [0.15, 0.2) is 12.1 Å². The molecule has 1 amide bonds. The van der Waals surface area contributed by atoms with E-state index in [4.69, 9.17) is 14.6 Å². The lowest BCUT2D eigenvalue weighted by molar-refractivity contribution is -0.179. The Morgan fingerprint density at radius 3 is 2.74 bits per heavy atom. The lowest BCUT2D eigenvalue weighted by Crippen LogP contribution is -2.33. The maximum atomic E-state index is 12.5. The minimum absolute atomic E-state index is 0.00440. The largest absolute Gasteiger partial charge is 0.395 e. The number of aliphatic hydroxyl groups is 1. The molecule has 0 radical (unpaired) electrons. The number of hydrogen-bond donors (Lipinski definition) is 1. The highest BCUT2D eigenvalue weighted by Gasteiger charge is 2.28. The van der Waals surface area contributed by atoms with Crippen LogP contribution < -0.4 is 0 Å². The van der Waals surface area contributed by atoms with Crippen LogP contribution in [0.4, 0.5) is 0 Å². The Bertz CT molecular complexity index is 655. The molecule has 1 heterocycles. The zero-order valence-electron chi connectivity index (χ0n) is 22.2. The normalized spacial score (nSPS) is 23.3. The zero-order chi connectivity index (χ0) is 25.3. The van der Waals surface area contributed by atoms with Crippen LogP contribution >= 0.6 is 0 Å². The van der Waals surface area contributed by atoms with Gasteiger partial charge in [-0.15, -0.1) is 0 Å². The van der Waals surface area contributed by atoms with Crippen molar-refractivity contribution in [1.82, 2.24) is 4.90 Å². The number of ketones is 1. The Balaban J connectivity index is 1.76. The van der Waals surface area contributed by atoms with E-state index < -0.39 is 0 Å². The van der Waals surface area contributed by atoms with Crippen LogP contribution in [0.3, 0.4) is 0 Å². The van der Waals surface area contributed by atoms with Crippen molar-refractivity contribution >= 4 is 11.7 Å². The molecule has 1 aliphatic heterocycles. The fraction of sp³-hybridized carbons (Fsp3) is 0.793. The lowest BCUT2D eigenvalue weighted by Gasteiger charge is -2.27. The van der Waals surface area contributed by atoms with Crippen LogP contribution in [0.25, 0.3) is 0 Å². The first-order valence-electron chi connectivity index (χ1n) is 14.1. The lowest BCUT2D eigenvalue weighted by atomic mass is 9.89. The second-order valence-corrected chi connectivity index (χ2v) is 9.95. The first kappa shape index (κ1) is 29.7. The smallest absolute Gasteiger partial charge is 0.222 e. The summed E-state index contributed by atoms with van der Waals surface area (Å²) in [4.78, 5) is 26.4. The van der Waals surface area contributed by atoms with Gasteiger partial charge in [-0.1, -0.05) is 63.7 Å². The van der Waals surface area contributed by atoms with Crippen molar-refractivity contribution in [2.24, 2.45) is 11.8 Å². The second-order valence-electron chi connectivity index (χ2n) is 9.95. The number of allylic oxidation sites excluding steroid dienone is 3. The van der Waals surface area contributed by atoms with Crippen molar-refractivity contribution in [3.8, 4) is 0 Å². The summed E-state index contributed by atoms with van der Waals surface area (Å²) in [5.41, 5.74) is 0. The Morgan fingerprint density at radius 2 is 2.03 bits per heavy atom. The van der Waals surface area contributed by atoms with Gasteiger partial charge in [0, 0.05) is 32.0 Å². The SMILES string of the molecule is CCCCC[C@H](/C=C/[C@H]1C(=O)C=C[C@@H]1CCCCCCC(=O)N(CC)CCO)OC1CCCCO1. The molecule has 0 bridgehead atoms. The summed E-state index contributed by atoms with van der Waals surface area (Å²) >= 11 is 0. The third-order valence-corrected chi connectivity index (χ3v) is 7.17. The average molecular weight is 492 g/mol. The van der Waals surface area contributed by atoms with E-state index in [2.05, 4.69) is 25.2 Å². The molecular weight excluding hydrogens is 442 g/mol. The van der Waals surface area contributed by atoms with Crippen LogP contribution in [0.1, 0.15) is 97.3 Å². The van der Waals surface area contributed by atoms with E-state index in [9.17, 15) is 9.59 Å². The Kier molecular flexibility index (Phi) is 15.2. The molecule has 1 aliphatic carbocycles. The minimum atomic E-state index is -0.117. The van der Waals surface area contributed by atoms with E-state index in [-0.39, 0.29) is 42.5 Å². The van der Waals surface area contributed by atoms with E-state index >= 15 is 0 Å². The molecule has 6 nitrogen and oxygen atoms in total. The molecule has 2 rings (SSSR count). The van der Waals surface area contributed by atoms with Crippen LogP contribution in [-0.2, 0) is 19.1 Å². The zero-order valence-corrected chi connectivity index (χ0v) is 22.2. The molecule has 2 aliphatic rings. The van der Waals surface area contributed by atoms with Crippen molar-refractivity contribution in [3.63, 3.8) is 0 Å². The number of rotatable bonds is 18. The fourth-order valence-electron chi connectivity index (χ4n) is 4.98. The predicted molar refractivity (Wildman–Crippen MR) is 140 cm³/mol. The monoisotopic (exact) mass is 491 g/mol. The van der Waals surface area contributed by atoms with Gasteiger partial charge in [-0.05, 0) is 57.4 Å². The van der Waals surface area contributed by atoms with Crippen molar-refractivity contribution in [3.05, 3.63) is 24.3 Å². The number of ether oxygens (including phenoxy) is 2. The van der Waals surface area contributed by atoms with Crippen molar-refractivity contribution in [2.45, 2.75) is 110 Å². The Labute approximate surface area is 213 Å². The van der Waals surface area contributed by atoms with Gasteiger partial charge < -0.3 is 19.5 Å². The first-order valence-corrected chi connectivity index (χ1v) is 14.1. The summed E-state index contributed by atoms with van der Waals surface area (Å²) in [6.07, 6.45) is 21.1. The summed E-state index contributed by atoms with van der Waals surface area (Å²) in [5, 5.41) is 9.05. The maximum absolute atomic E-state index is 12.5. The quantitative estimate of drug-likeness (QED) is 0.200. The number of carbonyl (C=O) groups is 2. The highest BCUT2D eigenvalue weighted by molar-refractivity contribution is 5.95. The summed E-state index contributed by atoms with van der Waals surface area (Å²) in [6, 6.07) is 0. The van der Waals surface area contributed by atoms with Gasteiger partial charge in [0.25, 0.3) is 0 Å². The van der Waals surface area contributed by atoms with Crippen LogP contribution in [-0.4, -0.2) is 60.4 Å². The number of hydrogen-bond acceptors (Lipinski definition) is 5. The van der Waals surface area contributed by atoms with E-state index in [1.165, 1.54) is 12.8 Å². The summed E-state index contributed by atoms with van der Waals surface area (Å²) in [7, 11) is 0. The molecule has 1 unspecified atom stereocenters. The molecule has 1 N–H and O–H groups in total. The van der Waals surface area contributed by atoms with Gasteiger partial charge in [-0.2, -0.15) is 0 Å². The van der Waals surface area contributed by atoms with Crippen LogP contribution in [0, 0.1) is 11.8 Å². The molecule has 0 aromatic rings. The molecule has 6 heteroatoms. The third-order valence-electron chi connectivity index (χ3n) is 7.17. The standard InChI is InChI=1S/C29H49NO5/c1-3-5-8-14-25(35-29-16-11-12-23-34-29)18-19-26-24(17-20-27(26)32)13-9-6-7-10-15-28(33)30(4-2)21-22-31/h17-20,24-26,29,31H,3-16,21-23H2,1-2H3/b19-18+/t24-,25+,26+,29?/m0/s1. The molecule has 0 aromatic carbocycles. The van der Waals surface area contributed by atoms with Crippen molar-refractivity contribution in [2.75, 3.05) is 26.3 Å². The molecule has 1 saturated heterocycles. The second kappa shape index (κ2) is 17.9. The first-order chi connectivity index (χ1) is 17.1. The van der Waals surface area contributed by atoms with Gasteiger partial charge in [0.2, 0.25) is 5.91 Å². The van der Waals surface area contributed by atoms with Gasteiger partial charge in [-0.25, -0.2) is 0 Å². The molecule has 0 saturated carbocycles. The molecule has 0 aromatic heterocycles. The minimum Gasteiger partial charge on any atom is -0.395 e. The number of carbonyl (C=O) groups excluding carboxylic acids is 2. The van der Waals surface area contributed by atoms with E-state index in [0.29, 0.717) is 19.5 Å². The topological polar surface area (TPSA) is 76.1 Å². The molecular formula is C29H49NO5. The average Bonchev–Trinajstić information content (AvgIpc) is 3.22. The number of likely N-dealkylation sites (N-methyl/N-ethyl adjacent to an activating group) is 1.